The number of rotatable bonds is 4. The molecule has 2 heterocycles. The minimum Gasteiger partial charge on any atom is -0.473 e. The minimum absolute atomic E-state index is 0.524. The van der Waals surface area contributed by atoms with Gasteiger partial charge in [-0.3, -0.25) is 0 Å². The zero-order valence-electron chi connectivity index (χ0n) is 12.9. The Kier molecular flexibility index (Phi) is 4.45. The average Bonchev–Trinajstić information content (AvgIpc) is 2.92. The highest BCUT2D eigenvalue weighted by Crippen LogP contribution is 2.33. The molecule has 0 bridgehead atoms. The molecule has 0 saturated carbocycles. The highest BCUT2D eigenvalue weighted by Gasteiger charge is 2.12. The standard InChI is InChI=1S/C16H15ClN4OS/c1-9-8-11(4-5-12(9)17)20-15-18-7-6-13(21-15)14-10(2)19-16(22-3)23-14/h4-8H,1-3H3,(H,18,20,21). The van der Waals surface area contributed by atoms with Crippen LogP contribution in [0.25, 0.3) is 10.6 Å². The number of aryl methyl sites for hydroxylation is 2. The van der Waals surface area contributed by atoms with Crippen LogP contribution in [0, 0.1) is 13.8 Å². The van der Waals surface area contributed by atoms with Gasteiger partial charge in [-0.1, -0.05) is 22.9 Å². The van der Waals surface area contributed by atoms with Crippen molar-refractivity contribution in [1.29, 1.82) is 0 Å². The monoisotopic (exact) mass is 346 g/mol. The third kappa shape index (κ3) is 3.43. The van der Waals surface area contributed by atoms with E-state index in [1.165, 1.54) is 11.3 Å². The third-order valence-electron chi connectivity index (χ3n) is 3.25. The Balaban J connectivity index is 1.90. The average molecular weight is 347 g/mol. The fraction of sp³-hybridized carbons (Fsp3) is 0.188. The van der Waals surface area contributed by atoms with Gasteiger partial charge in [0.05, 0.1) is 23.4 Å². The van der Waals surface area contributed by atoms with Crippen LogP contribution in [0.5, 0.6) is 5.19 Å². The van der Waals surface area contributed by atoms with E-state index in [-0.39, 0.29) is 0 Å². The van der Waals surface area contributed by atoms with Gasteiger partial charge in [0.1, 0.15) is 0 Å². The molecule has 0 atom stereocenters. The number of hydrogen-bond donors (Lipinski definition) is 1. The lowest BCUT2D eigenvalue weighted by Crippen LogP contribution is -1.98. The van der Waals surface area contributed by atoms with E-state index in [0.29, 0.717) is 11.1 Å². The summed E-state index contributed by atoms with van der Waals surface area (Å²) >= 11 is 7.51. The molecular weight excluding hydrogens is 332 g/mol. The van der Waals surface area contributed by atoms with Crippen molar-refractivity contribution in [2.24, 2.45) is 0 Å². The van der Waals surface area contributed by atoms with Gasteiger partial charge in [0.15, 0.2) is 0 Å². The summed E-state index contributed by atoms with van der Waals surface area (Å²) in [5.41, 5.74) is 3.59. The molecule has 5 nitrogen and oxygen atoms in total. The Bertz CT molecular complexity index is 850. The summed E-state index contributed by atoms with van der Waals surface area (Å²) in [6.07, 6.45) is 1.72. The van der Waals surface area contributed by atoms with Crippen LogP contribution in [0.1, 0.15) is 11.3 Å². The smallest absolute Gasteiger partial charge is 0.273 e. The lowest BCUT2D eigenvalue weighted by molar-refractivity contribution is 0.411. The first-order valence-electron chi connectivity index (χ1n) is 6.95. The van der Waals surface area contributed by atoms with Crippen LogP contribution in [0.4, 0.5) is 11.6 Å². The molecule has 0 aliphatic carbocycles. The third-order valence-corrected chi connectivity index (χ3v) is 4.82. The summed E-state index contributed by atoms with van der Waals surface area (Å²) in [6, 6.07) is 7.56. The van der Waals surface area contributed by atoms with E-state index in [4.69, 9.17) is 16.3 Å². The number of methoxy groups -OCH3 is 1. The topological polar surface area (TPSA) is 59.9 Å². The number of ether oxygens (including phenoxy) is 1. The maximum absolute atomic E-state index is 6.05. The normalized spacial score (nSPS) is 10.6. The quantitative estimate of drug-likeness (QED) is 0.746. The van der Waals surface area contributed by atoms with Gasteiger partial charge in [0.25, 0.3) is 5.19 Å². The molecular formula is C16H15ClN4OS. The maximum atomic E-state index is 6.05. The molecule has 0 amide bonds. The summed E-state index contributed by atoms with van der Waals surface area (Å²) in [6.45, 7) is 3.89. The molecule has 3 rings (SSSR count). The number of hydrogen-bond acceptors (Lipinski definition) is 6. The molecule has 1 N–H and O–H groups in total. The van der Waals surface area contributed by atoms with E-state index >= 15 is 0 Å². The van der Waals surface area contributed by atoms with Gasteiger partial charge in [-0.15, -0.1) is 0 Å². The number of nitrogens with zero attached hydrogens (tertiary/aromatic N) is 3. The lowest BCUT2D eigenvalue weighted by atomic mass is 10.2. The van der Waals surface area contributed by atoms with Crippen LogP contribution in [0.15, 0.2) is 30.5 Å². The van der Waals surface area contributed by atoms with E-state index in [1.807, 2.05) is 38.1 Å². The molecule has 0 aliphatic heterocycles. The fourth-order valence-electron chi connectivity index (χ4n) is 2.09. The predicted molar refractivity (Wildman–Crippen MR) is 93.9 cm³/mol. The molecule has 0 aliphatic rings. The molecule has 3 aromatic rings. The second-order valence-corrected chi connectivity index (χ2v) is 6.32. The van der Waals surface area contributed by atoms with Crippen molar-refractivity contribution in [2.45, 2.75) is 13.8 Å². The SMILES string of the molecule is COc1nc(C)c(-c2ccnc(Nc3ccc(Cl)c(C)c3)n2)s1. The van der Waals surface area contributed by atoms with Crippen LogP contribution in [0.2, 0.25) is 5.02 Å². The van der Waals surface area contributed by atoms with E-state index in [2.05, 4.69) is 20.3 Å². The molecule has 0 saturated heterocycles. The summed E-state index contributed by atoms with van der Waals surface area (Å²) < 4.78 is 5.18. The van der Waals surface area contributed by atoms with Crippen molar-refractivity contribution < 1.29 is 4.74 Å². The van der Waals surface area contributed by atoms with Crippen LogP contribution >= 0.6 is 22.9 Å². The van der Waals surface area contributed by atoms with E-state index in [0.717, 1.165) is 32.5 Å². The molecule has 2 aromatic heterocycles. The number of thiazole rings is 1. The molecule has 0 fully saturated rings. The fourth-order valence-corrected chi connectivity index (χ4v) is 3.06. The highest BCUT2D eigenvalue weighted by atomic mass is 35.5. The first-order chi connectivity index (χ1) is 11.1. The van der Waals surface area contributed by atoms with E-state index < -0.39 is 0 Å². The van der Waals surface area contributed by atoms with Crippen LogP contribution in [-0.4, -0.2) is 22.1 Å². The lowest BCUT2D eigenvalue weighted by Gasteiger charge is -2.07. The van der Waals surface area contributed by atoms with Gasteiger partial charge >= 0.3 is 0 Å². The number of anilines is 2. The van der Waals surface area contributed by atoms with Gasteiger partial charge in [-0.25, -0.2) is 15.0 Å². The van der Waals surface area contributed by atoms with Gasteiger partial charge in [0.2, 0.25) is 5.95 Å². The van der Waals surface area contributed by atoms with Crippen molar-refractivity contribution in [3.8, 4) is 15.8 Å². The van der Waals surface area contributed by atoms with Crippen molar-refractivity contribution in [2.75, 3.05) is 12.4 Å². The van der Waals surface area contributed by atoms with Crippen LogP contribution < -0.4 is 10.1 Å². The van der Waals surface area contributed by atoms with Crippen molar-refractivity contribution in [1.82, 2.24) is 15.0 Å². The van der Waals surface area contributed by atoms with E-state index in [1.54, 1.807) is 13.3 Å². The van der Waals surface area contributed by atoms with Crippen molar-refractivity contribution in [3.63, 3.8) is 0 Å². The molecule has 1 aromatic carbocycles. The summed E-state index contributed by atoms with van der Waals surface area (Å²) in [5.74, 6) is 0.524. The number of benzene rings is 1. The molecule has 23 heavy (non-hydrogen) atoms. The first kappa shape index (κ1) is 15.7. The second kappa shape index (κ2) is 6.52. The Morgan fingerprint density at radius 1 is 1.17 bits per heavy atom. The van der Waals surface area contributed by atoms with Crippen molar-refractivity contribution in [3.05, 3.63) is 46.7 Å². The predicted octanol–water partition coefficient (Wildman–Crippen LogP) is 4.62. The first-order valence-corrected chi connectivity index (χ1v) is 8.14. The van der Waals surface area contributed by atoms with Crippen LogP contribution in [-0.2, 0) is 0 Å². The molecule has 0 spiro atoms. The Labute approximate surface area is 143 Å². The number of nitrogens with one attached hydrogen (secondary N) is 1. The van der Waals surface area contributed by atoms with Gasteiger partial charge in [-0.05, 0) is 43.7 Å². The largest absolute Gasteiger partial charge is 0.473 e. The zero-order chi connectivity index (χ0) is 16.4. The second-order valence-electron chi connectivity index (χ2n) is 4.95. The molecule has 0 radical (unpaired) electrons. The summed E-state index contributed by atoms with van der Waals surface area (Å²) in [7, 11) is 1.61. The van der Waals surface area contributed by atoms with Gasteiger partial charge < -0.3 is 10.1 Å². The molecule has 7 heteroatoms. The van der Waals surface area contributed by atoms with Crippen LogP contribution in [0.3, 0.4) is 0 Å². The Morgan fingerprint density at radius 2 is 2.00 bits per heavy atom. The molecule has 118 valence electrons. The number of halogens is 1. The highest BCUT2D eigenvalue weighted by molar-refractivity contribution is 7.17. The maximum Gasteiger partial charge on any atom is 0.273 e. The Hall–Kier alpha value is -2.18. The summed E-state index contributed by atoms with van der Waals surface area (Å²) in [4.78, 5) is 14.1. The van der Waals surface area contributed by atoms with Gasteiger partial charge in [0, 0.05) is 16.9 Å². The Morgan fingerprint density at radius 3 is 2.70 bits per heavy atom. The molecule has 0 unspecified atom stereocenters. The minimum atomic E-state index is 0.524. The van der Waals surface area contributed by atoms with E-state index in [9.17, 15) is 0 Å². The van der Waals surface area contributed by atoms with Gasteiger partial charge in [-0.2, -0.15) is 0 Å². The summed E-state index contributed by atoms with van der Waals surface area (Å²) in [5, 5.41) is 4.55. The van der Waals surface area contributed by atoms with Crippen molar-refractivity contribution >= 4 is 34.6 Å². The number of aromatic nitrogens is 3. The zero-order valence-corrected chi connectivity index (χ0v) is 14.5.